The Balaban J connectivity index is -0.00000000564. The maximum Gasteiger partial charge on any atom is -0.0187 e. The molecular formula is C45H150S15. The quantitative estimate of drug-likeness (QED) is 0.226. The molecule has 0 aliphatic carbocycles. The van der Waals surface area contributed by atoms with E-state index in [0.717, 1.165) is 0 Å². The highest BCUT2D eigenvalue weighted by Gasteiger charge is 1.36. The van der Waals surface area contributed by atoms with Crippen molar-refractivity contribution in [2.45, 2.75) is 111 Å². The Morgan fingerprint density at radius 2 is 0.0833 bits per heavy atom. The van der Waals surface area contributed by atoms with E-state index in [0.29, 0.717) is 0 Å². The molecule has 0 aromatic rings. The molecular weight excluding hydrogens is 1020 g/mol. The lowest BCUT2D eigenvalue weighted by atomic mass is 11.9. The van der Waals surface area contributed by atoms with Crippen LogP contribution in [0.25, 0.3) is 0 Å². The van der Waals surface area contributed by atoms with Crippen molar-refractivity contribution in [1.29, 1.82) is 0 Å². The first-order valence-electron chi connectivity index (χ1n) is 12.2. The maximum atomic E-state index is 2.04. The van der Waals surface area contributed by atoms with Crippen LogP contribution < -0.4 is 0 Å². The molecule has 0 rings (SSSR count). The minimum Gasteiger partial charge on any atom is -0.169 e. The van der Waals surface area contributed by atoms with Crippen LogP contribution in [0.3, 0.4) is 0 Å². The zero-order valence-corrected chi connectivity index (χ0v) is 48.4. The molecule has 0 aromatic carbocycles. The van der Waals surface area contributed by atoms with Gasteiger partial charge in [0.2, 0.25) is 0 Å². The van der Waals surface area contributed by atoms with Crippen LogP contribution in [-0.4, -0.2) is 188 Å². The molecule has 0 spiro atoms. The van der Waals surface area contributed by atoms with Crippen molar-refractivity contribution in [3.8, 4) is 0 Å². The predicted molar refractivity (Wildman–Crippen MR) is 393 cm³/mol. The zero-order chi connectivity index (χ0) is 40.6. The van der Waals surface area contributed by atoms with Gasteiger partial charge in [-0.1, -0.05) is 111 Å². The number of thioether (sulfide) groups is 15. The van der Waals surface area contributed by atoms with Gasteiger partial charge in [0.25, 0.3) is 0 Å². The summed E-state index contributed by atoms with van der Waals surface area (Å²) in [6, 6.07) is 0. The van der Waals surface area contributed by atoms with Gasteiger partial charge in [-0.25, -0.2) is 0 Å². The van der Waals surface area contributed by atoms with Gasteiger partial charge in [0.05, 0.1) is 0 Å². The second kappa shape index (κ2) is 627. The Morgan fingerprint density at radius 3 is 0.0833 bits per heavy atom. The molecule has 0 saturated carbocycles. The second-order valence-electron chi connectivity index (χ2n) is 6.12. The third-order valence-electron chi connectivity index (χ3n) is 0. The van der Waals surface area contributed by atoms with Crippen molar-refractivity contribution < 1.29 is 0 Å². The molecule has 0 aliphatic heterocycles. The summed E-state index contributed by atoms with van der Waals surface area (Å²) in [6.07, 6.45) is 61.2. The second-order valence-corrected chi connectivity index (χ2v) is 18.4. The van der Waals surface area contributed by atoms with E-state index in [4.69, 9.17) is 0 Å². The van der Waals surface area contributed by atoms with Gasteiger partial charge in [-0.2, -0.15) is 176 Å². The van der Waals surface area contributed by atoms with Crippen LogP contribution in [0.1, 0.15) is 111 Å². The highest BCUT2D eigenvalue weighted by molar-refractivity contribution is 8.00. The van der Waals surface area contributed by atoms with Crippen LogP contribution in [-0.2, 0) is 0 Å². The van der Waals surface area contributed by atoms with Crippen LogP contribution >= 0.6 is 176 Å². The highest BCUT2D eigenvalue weighted by Crippen LogP contribution is 1.74. The Hall–Kier alpha value is 5.25. The third-order valence-corrected chi connectivity index (χ3v) is 0. The van der Waals surface area contributed by atoms with Crippen molar-refractivity contribution in [1.82, 2.24) is 0 Å². The number of hydrogen-bond acceptors (Lipinski definition) is 15. The average molecular weight is 1170 g/mol. The van der Waals surface area contributed by atoms with E-state index in [2.05, 4.69) is 0 Å². The standard InChI is InChI=1S/15C2H6S.15CH4/c15*1-3-2;;;;;;;;;;;;;;;/h15*1-2H3;15*1H4. The summed E-state index contributed by atoms with van der Waals surface area (Å²) >= 11 is 26.2. The molecule has 0 unspecified atom stereocenters. The SMILES string of the molecule is C.C.C.C.C.C.C.C.C.C.C.C.C.C.C.CSC.CSC.CSC.CSC.CSC.CSC.CSC.CSC.CSC.CSC.CSC.CSC.CSC.CSC.CSC. The maximum absolute atomic E-state index is 2.04. The zero-order valence-electron chi connectivity index (χ0n) is 36.1. The Kier molecular flexibility index (Phi) is 2260. The van der Waals surface area contributed by atoms with Crippen LogP contribution in [0.5, 0.6) is 0 Å². The lowest BCUT2D eigenvalue weighted by Gasteiger charge is -1.51. The summed E-state index contributed by atoms with van der Waals surface area (Å²) in [5, 5.41) is 0. The summed E-state index contributed by atoms with van der Waals surface area (Å²) in [7, 11) is 0. The molecule has 0 saturated heterocycles. The molecule has 0 fully saturated rings. The van der Waals surface area contributed by atoms with Gasteiger partial charge in [0, 0.05) is 0 Å². The van der Waals surface area contributed by atoms with E-state index in [9.17, 15) is 0 Å². The summed E-state index contributed by atoms with van der Waals surface area (Å²) in [4.78, 5) is 0. The normalized spacial score (nSPS) is 4.50. The van der Waals surface area contributed by atoms with Crippen molar-refractivity contribution in [3.05, 3.63) is 0 Å². The molecule has 0 amide bonds. The van der Waals surface area contributed by atoms with Gasteiger partial charge in [0.15, 0.2) is 0 Å². The number of rotatable bonds is 0. The molecule has 60 heavy (non-hydrogen) atoms. The minimum atomic E-state index is 0. The molecule has 0 aliphatic rings. The highest BCUT2D eigenvalue weighted by atomic mass is 32.2. The molecule has 15 heteroatoms. The van der Waals surface area contributed by atoms with Gasteiger partial charge in [-0.05, 0) is 188 Å². The predicted octanol–water partition coefficient (Wildman–Crippen LogP) is 24.2. The van der Waals surface area contributed by atoms with Gasteiger partial charge >= 0.3 is 0 Å². The van der Waals surface area contributed by atoms with E-state index in [-0.39, 0.29) is 111 Å². The minimum absolute atomic E-state index is 0. The van der Waals surface area contributed by atoms with Crippen molar-refractivity contribution in [2.75, 3.05) is 188 Å². The Labute approximate surface area is 470 Å². The average Bonchev–Trinajstić information content (AvgIpc) is 2.91. The van der Waals surface area contributed by atoms with Gasteiger partial charge in [0.1, 0.15) is 0 Å². The molecule has 0 aromatic heterocycles. The summed E-state index contributed by atoms with van der Waals surface area (Å²) in [5.41, 5.74) is 0. The first-order chi connectivity index (χ1) is 21.2. The Bertz CT molecular complexity index is 107. The fourth-order valence-electron chi connectivity index (χ4n) is 0. The van der Waals surface area contributed by atoms with E-state index >= 15 is 0 Å². The van der Waals surface area contributed by atoms with Gasteiger partial charge < -0.3 is 0 Å². The van der Waals surface area contributed by atoms with E-state index < -0.39 is 0 Å². The largest absolute Gasteiger partial charge is 0.169 e. The van der Waals surface area contributed by atoms with Crippen LogP contribution in [0.4, 0.5) is 0 Å². The van der Waals surface area contributed by atoms with Gasteiger partial charge in [-0.3, -0.25) is 0 Å². The van der Waals surface area contributed by atoms with E-state index in [1.807, 2.05) is 188 Å². The molecule has 0 atom stereocenters. The van der Waals surface area contributed by atoms with E-state index in [1.54, 1.807) is 176 Å². The first-order valence-corrected chi connectivity index (χ1v) is 36.7. The van der Waals surface area contributed by atoms with Crippen LogP contribution in [0, 0.1) is 0 Å². The molecule has 420 valence electrons. The third kappa shape index (κ3) is 8890. The summed E-state index contributed by atoms with van der Waals surface area (Å²) in [6.45, 7) is 0. The fraction of sp³-hybridized carbons (Fsp3) is 1.00. The van der Waals surface area contributed by atoms with Crippen LogP contribution in [0.15, 0.2) is 0 Å². The van der Waals surface area contributed by atoms with Crippen LogP contribution in [0.2, 0.25) is 0 Å². The first kappa shape index (κ1) is 217. The van der Waals surface area contributed by atoms with Crippen molar-refractivity contribution >= 4 is 176 Å². The summed E-state index contributed by atoms with van der Waals surface area (Å²) in [5.74, 6) is 0. The molecule has 0 bridgehead atoms. The molecule has 0 radical (unpaired) electrons. The van der Waals surface area contributed by atoms with E-state index in [1.165, 1.54) is 0 Å². The smallest absolute Gasteiger partial charge is 0.0187 e. The Morgan fingerprint density at radius 1 is 0.0833 bits per heavy atom. The lowest BCUT2D eigenvalue weighted by Crippen LogP contribution is -1.25. The molecule has 0 N–H and O–H groups in total. The van der Waals surface area contributed by atoms with Crippen molar-refractivity contribution in [3.63, 3.8) is 0 Å². The van der Waals surface area contributed by atoms with Crippen molar-refractivity contribution in [2.24, 2.45) is 0 Å². The fourth-order valence-corrected chi connectivity index (χ4v) is 0. The summed E-state index contributed by atoms with van der Waals surface area (Å²) < 4.78 is 0. The topological polar surface area (TPSA) is 0 Å². The molecule has 0 nitrogen and oxygen atoms in total. The number of hydrogen-bond donors (Lipinski definition) is 0. The molecule has 0 heterocycles. The van der Waals surface area contributed by atoms with Gasteiger partial charge in [-0.15, -0.1) is 0 Å². The lowest BCUT2D eigenvalue weighted by molar-refractivity contribution is 2.37. The monoisotopic (exact) mass is 1170 g/mol.